The molecule has 110 valence electrons. The Morgan fingerprint density at radius 3 is 2.70 bits per heavy atom. The summed E-state index contributed by atoms with van der Waals surface area (Å²) in [5.74, 6) is 0.224. The molecule has 1 amide bonds. The molecule has 4 heteroatoms. The van der Waals surface area contributed by atoms with Gasteiger partial charge in [0.05, 0.1) is 6.54 Å². The van der Waals surface area contributed by atoms with Crippen molar-refractivity contribution in [3.63, 3.8) is 0 Å². The first-order valence-corrected chi connectivity index (χ1v) is 7.38. The molecule has 1 fully saturated rings. The van der Waals surface area contributed by atoms with Gasteiger partial charge < -0.3 is 15.1 Å². The lowest BCUT2D eigenvalue weighted by Crippen LogP contribution is -2.49. The van der Waals surface area contributed by atoms with Crippen molar-refractivity contribution in [3.8, 4) is 0 Å². The summed E-state index contributed by atoms with van der Waals surface area (Å²) in [6.07, 6.45) is 0.970. The molecule has 1 aliphatic heterocycles. The Kier molecular flexibility index (Phi) is 5.56. The van der Waals surface area contributed by atoms with Crippen molar-refractivity contribution in [1.82, 2.24) is 15.1 Å². The van der Waals surface area contributed by atoms with Crippen LogP contribution in [0.15, 0.2) is 24.3 Å². The molecular weight excluding hydrogens is 250 g/mol. The molecule has 4 nitrogen and oxygen atoms in total. The number of likely N-dealkylation sites (N-methyl/N-ethyl adjacent to an activating group) is 1. The van der Waals surface area contributed by atoms with E-state index < -0.39 is 0 Å². The number of aryl methyl sites for hydroxylation is 1. The maximum absolute atomic E-state index is 12.0. The van der Waals surface area contributed by atoms with E-state index in [-0.39, 0.29) is 5.91 Å². The van der Waals surface area contributed by atoms with Crippen LogP contribution in [0.2, 0.25) is 0 Å². The van der Waals surface area contributed by atoms with Crippen molar-refractivity contribution in [1.29, 1.82) is 0 Å². The number of carbonyl (C=O) groups is 1. The molecule has 1 aliphatic rings. The maximum Gasteiger partial charge on any atom is 0.236 e. The molecule has 2 rings (SSSR count). The van der Waals surface area contributed by atoms with Crippen LogP contribution in [0.3, 0.4) is 0 Å². The monoisotopic (exact) mass is 275 g/mol. The zero-order chi connectivity index (χ0) is 14.4. The SMILES string of the molecule is Cc1cccc(CCNCC(=O)N2CCN(C)CC2)c1. The molecule has 0 aliphatic carbocycles. The van der Waals surface area contributed by atoms with Gasteiger partial charge >= 0.3 is 0 Å². The highest BCUT2D eigenvalue weighted by Gasteiger charge is 2.18. The van der Waals surface area contributed by atoms with Crippen molar-refractivity contribution in [3.05, 3.63) is 35.4 Å². The summed E-state index contributed by atoms with van der Waals surface area (Å²) in [6.45, 7) is 7.08. The van der Waals surface area contributed by atoms with E-state index in [4.69, 9.17) is 0 Å². The number of nitrogens with one attached hydrogen (secondary N) is 1. The van der Waals surface area contributed by atoms with Crippen molar-refractivity contribution in [2.45, 2.75) is 13.3 Å². The fraction of sp³-hybridized carbons (Fsp3) is 0.562. The Morgan fingerprint density at radius 2 is 2.00 bits per heavy atom. The third-order valence-corrected chi connectivity index (χ3v) is 3.81. The van der Waals surface area contributed by atoms with Crippen LogP contribution in [0.4, 0.5) is 0 Å². The number of carbonyl (C=O) groups excluding carboxylic acids is 1. The quantitative estimate of drug-likeness (QED) is 0.811. The average Bonchev–Trinajstić information content (AvgIpc) is 2.44. The molecule has 0 bridgehead atoms. The van der Waals surface area contributed by atoms with Crippen molar-refractivity contribution in [2.24, 2.45) is 0 Å². The van der Waals surface area contributed by atoms with Crippen LogP contribution in [0.25, 0.3) is 0 Å². The van der Waals surface area contributed by atoms with Crippen LogP contribution in [0.1, 0.15) is 11.1 Å². The van der Waals surface area contributed by atoms with Crippen molar-refractivity contribution < 1.29 is 4.79 Å². The van der Waals surface area contributed by atoms with Gasteiger partial charge in [0, 0.05) is 26.2 Å². The first kappa shape index (κ1) is 15.0. The molecule has 0 radical (unpaired) electrons. The Labute approximate surface area is 121 Å². The molecule has 0 saturated carbocycles. The lowest BCUT2D eigenvalue weighted by molar-refractivity contribution is -0.131. The van der Waals surface area contributed by atoms with Gasteiger partial charge in [-0.2, -0.15) is 0 Å². The van der Waals surface area contributed by atoms with E-state index in [1.807, 2.05) is 4.90 Å². The molecular formula is C16H25N3O. The number of piperazine rings is 1. The topological polar surface area (TPSA) is 35.6 Å². The second-order valence-electron chi connectivity index (χ2n) is 5.60. The fourth-order valence-electron chi connectivity index (χ4n) is 2.46. The number of nitrogens with zero attached hydrogens (tertiary/aromatic N) is 2. The Balaban J connectivity index is 1.64. The molecule has 1 heterocycles. The lowest BCUT2D eigenvalue weighted by atomic mass is 10.1. The third kappa shape index (κ3) is 4.62. The van der Waals surface area contributed by atoms with E-state index in [9.17, 15) is 4.79 Å². The first-order chi connectivity index (χ1) is 9.65. The number of hydrogen-bond acceptors (Lipinski definition) is 3. The predicted molar refractivity (Wildman–Crippen MR) is 81.8 cm³/mol. The van der Waals surface area contributed by atoms with E-state index in [0.29, 0.717) is 6.54 Å². The second-order valence-corrected chi connectivity index (χ2v) is 5.60. The first-order valence-electron chi connectivity index (χ1n) is 7.38. The summed E-state index contributed by atoms with van der Waals surface area (Å²) >= 11 is 0. The van der Waals surface area contributed by atoms with Gasteiger partial charge in [-0.15, -0.1) is 0 Å². The predicted octanol–water partition coefficient (Wildman–Crippen LogP) is 0.901. The number of benzene rings is 1. The van der Waals surface area contributed by atoms with Gasteiger partial charge in [-0.3, -0.25) is 4.79 Å². The fourth-order valence-corrected chi connectivity index (χ4v) is 2.46. The zero-order valence-corrected chi connectivity index (χ0v) is 12.6. The minimum absolute atomic E-state index is 0.224. The van der Waals surface area contributed by atoms with E-state index in [2.05, 4.69) is 48.5 Å². The highest BCUT2D eigenvalue weighted by atomic mass is 16.2. The number of hydrogen-bond donors (Lipinski definition) is 1. The molecule has 1 saturated heterocycles. The largest absolute Gasteiger partial charge is 0.339 e. The van der Waals surface area contributed by atoms with Gasteiger partial charge in [-0.05, 0) is 32.5 Å². The van der Waals surface area contributed by atoms with E-state index in [1.54, 1.807) is 0 Å². The van der Waals surface area contributed by atoms with Gasteiger partial charge in [0.2, 0.25) is 5.91 Å². The number of amides is 1. The Bertz CT molecular complexity index is 439. The molecule has 0 spiro atoms. The minimum atomic E-state index is 0.224. The molecule has 1 aromatic rings. The normalized spacial score (nSPS) is 16.4. The Morgan fingerprint density at radius 1 is 1.25 bits per heavy atom. The van der Waals surface area contributed by atoms with Crippen molar-refractivity contribution in [2.75, 3.05) is 46.3 Å². The lowest BCUT2D eigenvalue weighted by Gasteiger charge is -2.32. The molecule has 20 heavy (non-hydrogen) atoms. The summed E-state index contributed by atoms with van der Waals surface area (Å²) in [7, 11) is 2.10. The molecule has 0 unspecified atom stereocenters. The summed E-state index contributed by atoms with van der Waals surface area (Å²) in [6, 6.07) is 8.52. The summed E-state index contributed by atoms with van der Waals surface area (Å²) < 4.78 is 0. The molecule has 1 aromatic carbocycles. The molecule has 0 aromatic heterocycles. The van der Waals surface area contributed by atoms with E-state index in [0.717, 1.165) is 39.1 Å². The van der Waals surface area contributed by atoms with Gasteiger partial charge in [-0.25, -0.2) is 0 Å². The zero-order valence-electron chi connectivity index (χ0n) is 12.6. The third-order valence-electron chi connectivity index (χ3n) is 3.81. The average molecular weight is 275 g/mol. The van der Waals surface area contributed by atoms with Crippen LogP contribution in [0, 0.1) is 6.92 Å². The van der Waals surface area contributed by atoms with Gasteiger partial charge in [0.25, 0.3) is 0 Å². The van der Waals surface area contributed by atoms with Crippen molar-refractivity contribution >= 4 is 5.91 Å². The standard InChI is InChI=1S/C16H25N3O/c1-14-4-3-5-15(12-14)6-7-17-13-16(20)19-10-8-18(2)9-11-19/h3-5,12,17H,6-11,13H2,1-2H3. The summed E-state index contributed by atoms with van der Waals surface area (Å²) in [4.78, 5) is 16.2. The minimum Gasteiger partial charge on any atom is -0.339 e. The van der Waals surface area contributed by atoms with Crippen LogP contribution >= 0.6 is 0 Å². The highest BCUT2D eigenvalue weighted by Crippen LogP contribution is 2.04. The van der Waals surface area contributed by atoms with E-state index in [1.165, 1.54) is 11.1 Å². The second kappa shape index (κ2) is 7.41. The number of rotatable bonds is 5. The van der Waals surface area contributed by atoms with E-state index >= 15 is 0 Å². The van der Waals surface area contributed by atoms with Gasteiger partial charge in [0.15, 0.2) is 0 Å². The van der Waals surface area contributed by atoms with Crippen LogP contribution < -0.4 is 5.32 Å². The van der Waals surface area contributed by atoms with Crippen LogP contribution in [0.5, 0.6) is 0 Å². The van der Waals surface area contributed by atoms with Crippen LogP contribution in [-0.2, 0) is 11.2 Å². The summed E-state index contributed by atoms with van der Waals surface area (Å²) in [5, 5.41) is 3.26. The maximum atomic E-state index is 12.0. The van der Waals surface area contributed by atoms with Crippen LogP contribution in [-0.4, -0.2) is 62.0 Å². The molecule has 1 N–H and O–H groups in total. The van der Waals surface area contributed by atoms with Gasteiger partial charge in [0.1, 0.15) is 0 Å². The summed E-state index contributed by atoms with van der Waals surface area (Å²) in [5.41, 5.74) is 2.61. The van der Waals surface area contributed by atoms with Gasteiger partial charge in [-0.1, -0.05) is 29.8 Å². The molecule has 0 atom stereocenters. The smallest absolute Gasteiger partial charge is 0.236 e. The Hall–Kier alpha value is -1.39. The highest BCUT2D eigenvalue weighted by molar-refractivity contribution is 5.78.